The molecule has 0 atom stereocenters. The van der Waals surface area contributed by atoms with Gasteiger partial charge >= 0.3 is 5.97 Å². The van der Waals surface area contributed by atoms with Crippen LogP contribution in [0.4, 0.5) is 0 Å². The first-order valence-corrected chi connectivity index (χ1v) is 5.42. The molecule has 0 aliphatic heterocycles. The molecule has 1 N–H and O–H groups in total. The average Bonchev–Trinajstić information content (AvgIpc) is 2.34. The van der Waals surface area contributed by atoms with Crippen molar-refractivity contribution < 1.29 is 9.90 Å². The van der Waals surface area contributed by atoms with Crippen molar-refractivity contribution in [3.05, 3.63) is 63.8 Å². The Hall–Kier alpha value is -2.43. The van der Waals surface area contributed by atoms with E-state index < -0.39 is 11.5 Å². The fraction of sp³-hybridized carbons (Fsp3) is 0.154. The van der Waals surface area contributed by atoms with E-state index in [1.807, 2.05) is 19.1 Å². The van der Waals surface area contributed by atoms with Crippen molar-refractivity contribution in [3.63, 3.8) is 0 Å². The Morgan fingerprint density at radius 2 is 2.17 bits per heavy atom. The molecule has 0 aromatic carbocycles. The molecule has 2 rings (SSSR count). The molecule has 0 fully saturated rings. The highest BCUT2D eigenvalue weighted by atomic mass is 16.4. The van der Waals surface area contributed by atoms with Gasteiger partial charge in [0.05, 0.1) is 6.54 Å². The van der Waals surface area contributed by atoms with Gasteiger partial charge in [-0.15, -0.1) is 0 Å². The number of carbonyl (C=O) groups is 1. The summed E-state index contributed by atoms with van der Waals surface area (Å²) < 4.78 is 1.36. The number of carboxylic acid groups (broad SMARTS) is 1. The number of aromatic carboxylic acids is 1. The average molecular weight is 244 g/mol. The highest BCUT2D eigenvalue weighted by molar-refractivity contribution is 5.86. The van der Waals surface area contributed by atoms with Crippen molar-refractivity contribution in [1.29, 1.82) is 0 Å². The Morgan fingerprint density at radius 1 is 1.39 bits per heavy atom. The van der Waals surface area contributed by atoms with Crippen LogP contribution in [0, 0.1) is 6.92 Å². The summed E-state index contributed by atoms with van der Waals surface area (Å²) in [7, 11) is 0. The first-order valence-electron chi connectivity index (χ1n) is 5.42. The summed E-state index contributed by atoms with van der Waals surface area (Å²) in [6.45, 7) is 2.19. The molecule has 0 aliphatic rings. The minimum absolute atomic E-state index is 0.224. The van der Waals surface area contributed by atoms with Gasteiger partial charge in [-0.1, -0.05) is 6.07 Å². The maximum absolute atomic E-state index is 11.8. The van der Waals surface area contributed by atoms with Gasteiger partial charge in [-0.25, -0.2) is 4.79 Å². The molecular formula is C13H12N2O3. The van der Waals surface area contributed by atoms with Gasteiger partial charge in [0.2, 0.25) is 0 Å². The van der Waals surface area contributed by atoms with E-state index in [9.17, 15) is 9.59 Å². The standard InChI is InChI=1S/C13H12N2O3/c1-9-4-5-10(7-14-9)8-15-6-2-3-11(12(15)16)13(17)18/h2-7H,8H2,1H3,(H,17,18). The summed E-state index contributed by atoms with van der Waals surface area (Å²) in [5, 5.41) is 8.87. The number of aryl methyl sites for hydroxylation is 1. The molecule has 2 aromatic heterocycles. The van der Waals surface area contributed by atoms with E-state index in [2.05, 4.69) is 4.98 Å². The quantitative estimate of drug-likeness (QED) is 0.883. The van der Waals surface area contributed by atoms with Crippen LogP contribution in [-0.4, -0.2) is 20.6 Å². The minimum Gasteiger partial charge on any atom is -0.477 e. The van der Waals surface area contributed by atoms with Crippen molar-refractivity contribution >= 4 is 5.97 Å². The maximum Gasteiger partial charge on any atom is 0.341 e. The predicted molar refractivity (Wildman–Crippen MR) is 65.7 cm³/mol. The van der Waals surface area contributed by atoms with Crippen molar-refractivity contribution in [3.8, 4) is 0 Å². The van der Waals surface area contributed by atoms with Crippen LogP contribution in [0.25, 0.3) is 0 Å². The van der Waals surface area contributed by atoms with Crippen LogP contribution in [0.5, 0.6) is 0 Å². The number of rotatable bonds is 3. The lowest BCUT2D eigenvalue weighted by atomic mass is 10.2. The first kappa shape index (κ1) is 12.0. The van der Waals surface area contributed by atoms with Gasteiger partial charge in [0.1, 0.15) is 5.56 Å². The van der Waals surface area contributed by atoms with E-state index in [-0.39, 0.29) is 5.56 Å². The molecule has 2 aromatic rings. The zero-order valence-corrected chi connectivity index (χ0v) is 9.83. The van der Waals surface area contributed by atoms with Crippen molar-refractivity contribution in [2.45, 2.75) is 13.5 Å². The first-order chi connectivity index (χ1) is 8.58. The van der Waals surface area contributed by atoms with E-state index in [4.69, 9.17) is 5.11 Å². The normalized spacial score (nSPS) is 10.3. The molecule has 0 unspecified atom stereocenters. The van der Waals surface area contributed by atoms with E-state index in [1.54, 1.807) is 18.5 Å². The fourth-order valence-corrected chi connectivity index (χ4v) is 1.61. The van der Waals surface area contributed by atoms with Crippen LogP contribution in [0.15, 0.2) is 41.5 Å². The van der Waals surface area contributed by atoms with Gasteiger partial charge < -0.3 is 9.67 Å². The Labute approximate surface area is 103 Å². The highest BCUT2D eigenvalue weighted by Crippen LogP contribution is 2.02. The monoisotopic (exact) mass is 244 g/mol. The molecule has 0 amide bonds. The number of carboxylic acids is 1. The molecular weight excluding hydrogens is 232 g/mol. The lowest BCUT2D eigenvalue weighted by Gasteiger charge is -2.06. The van der Waals surface area contributed by atoms with Crippen LogP contribution in [-0.2, 0) is 6.54 Å². The minimum atomic E-state index is -1.21. The van der Waals surface area contributed by atoms with E-state index in [0.29, 0.717) is 6.54 Å². The molecule has 0 radical (unpaired) electrons. The number of nitrogens with zero attached hydrogens (tertiary/aromatic N) is 2. The summed E-state index contributed by atoms with van der Waals surface area (Å²) in [4.78, 5) is 26.8. The Kier molecular flexibility index (Phi) is 3.23. The molecule has 2 heterocycles. The molecule has 0 saturated carbocycles. The van der Waals surface area contributed by atoms with E-state index >= 15 is 0 Å². The molecule has 92 valence electrons. The molecule has 18 heavy (non-hydrogen) atoms. The summed E-state index contributed by atoms with van der Waals surface area (Å²) >= 11 is 0. The van der Waals surface area contributed by atoms with Gasteiger partial charge in [0.25, 0.3) is 5.56 Å². The van der Waals surface area contributed by atoms with Crippen molar-refractivity contribution in [2.75, 3.05) is 0 Å². The van der Waals surface area contributed by atoms with Crippen molar-refractivity contribution in [1.82, 2.24) is 9.55 Å². The maximum atomic E-state index is 11.8. The van der Waals surface area contributed by atoms with Crippen LogP contribution in [0.1, 0.15) is 21.6 Å². The molecule has 5 nitrogen and oxygen atoms in total. The van der Waals surface area contributed by atoms with Gasteiger partial charge in [-0.05, 0) is 30.7 Å². The smallest absolute Gasteiger partial charge is 0.341 e. The van der Waals surface area contributed by atoms with Crippen LogP contribution >= 0.6 is 0 Å². The zero-order valence-electron chi connectivity index (χ0n) is 9.83. The number of aromatic nitrogens is 2. The lowest BCUT2D eigenvalue weighted by molar-refractivity contribution is 0.0694. The summed E-state index contributed by atoms with van der Waals surface area (Å²) in [5.74, 6) is -1.21. The van der Waals surface area contributed by atoms with Crippen LogP contribution in [0.2, 0.25) is 0 Å². The van der Waals surface area contributed by atoms with Crippen LogP contribution < -0.4 is 5.56 Å². The van der Waals surface area contributed by atoms with E-state index in [0.717, 1.165) is 11.3 Å². The van der Waals surface area contributed by atoms with Crippen molar-refractivity contribution in [2.24, 2.45) is 0 Å². The number of pyridine rings is 2. The largest absolute Gasteiger partial charge is 0.477 e. The Bertz CT molecular complexity index is 629. The summed E-state index contributed by atoms with van der Waals surface area (Å²) in [5.41, 5.74) is 1.01. The Balaban J connectivity index is 2.35. The van der Waals surface area contributed by atoms with E-state index in [1.165, 1.54) is 10.6 Å². The second-order valence-electron chi connectivity index (χ2n) is 3.97. The predicted octanol–water partition coefficient (Wildman–Crippen LogP) is 1.30. The Morgan fingerprint density at radius 3 is 2.78 bits per heavy atom. The third-order valence-corrected chi connectivity index (χ3v) is 2.58. The molecule has 0 aliphatic carbocycles. The summed E-state index contributed by atoms with van der Waals surface area (Å²) in [6, 6.07) is 6.56. The molecule has 0 bridgehead atoms. The fourth-order valence-electron chi connectivity index (χ4n) is 1.61. The summed E-state index contributed by atoms with van der Waals surface area (Å²) in [6.07, 6.45) is 3.24. The van der Waals surface area contributed by atoms with Gasteiger partial charge in [0.15, 0.2) is 0 Å². The molecule has 0 spiro atoms. The second kappa shape index (κ2) is 4.83. The second-order valence-corrected chi connectivity index (χ2v) is 3.97. The third kappa shape index (κ3) is 2.45. The molecule has 5 heteroatoms. The lowest BCUT2D eigenvalue weighted by Crippen LogP contribution is -2.26. The third-order valence-electron chi connectivity index (χ3n) is 2.58. The molecule has 0 saturated heterocycles. The van der Waals surface area contributed by atoms with Crippen LogP contribution in [0.3, 0.4) is 0 Å². The topological polar surface area (TPSA) is 72.2 Å². The van der Waals surface area contributed by atoms with Gasteiger partial charge in [-0.3, -0.25) is 9.78 Å². The van der Waals surface area contributed by atoms with Gasteiger partial charge in [0, 0.05) is 18.1 Å². The zero-order chi connectivity index (χ0) is 13.1. The highest BCUT2D eigenvalue weighted by Gasteiger charge is 2.10. The number of hydrogen-bond donors (Lipinski definition) is 1. The SMILES string of the molecule is Cc1ccc(Cn2cccc(C(=O)O)c2=O)cn1. The number of hydrogen-bond acceptors (Lipinski definition) is 3. The van der Waals surface area contributed by atoms with Gasteiger partial charge in [-0.2, -0.15) is 0 Å².